The molecule has 0 saturated carbocycles. The van der Waals surface area contributed by atoms with Gasteiger partial charge in [-0.05, 0) is 50.5 Å². The molecule has 4 rings (SSSR count). The van der Waals surface area contributed by atoms with Crippen LogP contribution in [0.25, 0.3) is 0 Å². The fourth-order valence-electron chi connectivity index (χ4n) is 4.33. The number of piperazine rings is 1. The first-order valence-corrected chi connectivity index (χ1v) is 9.85. The number of carbonyl (C=O) groups is 2. The SMILES string of the molecule is C=C1CCC(N2Cc3cc(N4CCN(C(C)C)CC4)ccc3C2=O)C(=O)N1. The minimum atomic E-state index is -0.395. The molecule has 3 aliphatic rings. The average Bonchev–Trinajstić information content (AvgIpc) is 2.98. The van der Waals surface area contributed by atoms with E-state index < -0.39 is 6.04 Å². The highest BCUT2D eigenvalue weighted by atomic mass is 16.2. The maximum atomic E-state index is 12.8. The number of fused-ring (bicyclic) bond motifs is 1. The lowest BCUT2D eigenvalue weighted by atomic mass is 10.0. The summed E-state index contributed by atoms with van der Waals surface area (Å²) in [5.41, 5.74) is 3.68. The Hall–Kier alpha value is -2.34. The summed E-state index contributed by atoms with van der Waals surface area (Å²) in [7, 11) is 0. The molecule has 1 aromatic carbocycles. The Morgan fingerprint density at radius 3 is 2.56 bits per heavy atom. The van der Waals surface area contributed by atoms with Gasteiger partial charge in [0.1, 0.15) is 6.04 Å². The van der Waals surface area contributed by atoms with E-state index in [1.54, 1.807) is 4.90 Å². The number of anilines is 1. The second kappa shape index (κ2) is 7.00. The standard InChI is InChI=1S/C21H28N4O2/c1-14(2)23-8-10-24(11-9-23)17-5-6-18-16(12-17)13-25(21(18)27)19-7-4-15(3)22-20(19)26/h5-6,12,14,19H,3-4,7-11,13H2,1-2H3,(H,22,26). The van der Waals surface area contributed by atoms with Gasteiger partial charge in [0.25, 0.3) is 5.91 Å². The zero-order valence-corrected chi connectivity index (χ0v) is 16.2. The molecule has 6 heteroatoms. The monoisotopic (exact) mass is 368 g/mol. The molecule has 144 valence electrons. The molecule has 2 saturated heterocycles. The van der Waals surface area contributed by atoms with Crippen LogP contribution in [0.2, 0.25) is 0 Å². The van der Waals surface area contributed by atoms with E-state index in [9.17, 15) is 9.59 Å². The average molecular weight is 368 g/mol. The maximum Gasteiger partial charge on any atom is 0.255 e. The fourth-order valence-corrected chi connectivity index (χ4v) is 4.33. The lowest BCUT2D eigenvalue weighted by Crippen LogP contribution is -2.49. The van der Waals surface area contributed by atoms with Crippen LogP contribution in [-0.4, -0.2) is 59.9 Å². The van der Waals surface area contributed by atoms with Crippen molar-refractivity contribution in [2.75, 3.05) is 31.1 Å². The number of carbonyl (C=O) groups excluding carboxylic acids is 2. The first kappa shape index (κ1) is 18.0. The lowest BCUT2D eigenvalue weighted by molar-refractivity contribution is -0.126. The number of hydrogen-bond donors (Lipinski definition) is 1. The molecule has 3 aliphatic heterocycles. The normalized spacial score (nSPS) is 23.8. The summed E-state index contributed by atoms with van der Waals surface area (Å²) in [5, 5.41) is 2.79. The van der Waals surface area contributed by atoms with Crippen LogP contribution < -0.4 is 10.2 Å². The lowest BCUT2D eigenvalue weighted by Gasteiger charge is -2.38. The van der Waals surface area contributed by atoms with E-state index in [4.69, 9.17) is 0 Å². The van der Waals surface area contributed by atoms with Crippen LogP contribution in [-0.2, 0) is 11.3 Å². The summed E-state index contributed by atoms with van der Waals surface area (Å²) in [6.45, 7) is 12.9. The minimum absolute atomic E-state index is 0.0335. The highest BCUT2D eigenvalue weighted by molar-refractivity contribution is 6.01. The van der Waals surface area contributed by atoms with Crippen molar-refractivity contribution >= 4 is 17.5 Å². The van der Waals surface area contributed by atoms with Crippen molar-refractivity contribution in [1.29, 1.82) is 0 Å². The van der Waals surface area contributed by atoms with E-state index in [1.165, 1.54) is 5.69 Å². The van der Waals surface area contributed by atoms with Crippen molar-refractivity contribution < 1.29 is 9.59 Å². The molecule has 0 spiro atoms. The van der Waals surface area contributed by atoms with Crippen LogP contribution in [0.4, 0.5) is 5.69 Å². The Bertz CT molecular complexity index is 780. The van der Waals surface area contributed by atoms with Crippen LogP contribution >= 0.6 is 0 Å². The molecule has 0 radical (unpaired) electrons. The molecule has 2 amide bonds. The van der Waals surface area contributed by atoms with Gasteiger partial charge in [-0.1, -0.05) is 6.58 Å². The van der Waals surface area contributed by atoms with Gasteiger partial charge in [0.2, 0.25) is 5.91 Å². The molecule has 2 fully saturated rings. The number of nitrogens with one attached hydrogen (secondary N) is 1. The van der Waals surface area contributed by atoms with Gasteiger partial charge in [0.05, 0.1) is 0 Å². The van der Waals surface area contributed by atoms with E-state index in [0.717, 1.165) is 49.4 Å². The number of piperidine rings is 1. The van der Waals surface area contributed by atoms with Gasteiger partial charge in [-0.2, -0.15) is 0 Å². The number of benzene rings is 1. The zero-order chi connectivity index (χ0) is 19.1. The highest BCUT2D eigenvalue weighted by Gasteiger charge is 2.38. The Morgan fingerprint density at radius 2 is 1.89 bits per heavy atom. The van der Waals surface area contributed by atoms with Gasteiger partial charge in [-0.3, -0.25) is 14.5 Å². The van der Waals surface area contributed by atoms with Crippen molar-refractivity contribution in [3.05, 3.63) is 41.6 Å². The second-order valence-electron chi connectivity index (χ2n) is 8.04. The predicted molar refractivity (Wildman–Crippen MR) is 106 cm³/mol. The van der Waals surface area contributed by atoms with Crippen LogP contribution in [0, 0.1) is 0 Å². The first-order chi connectivity index (χ1) is 12.9. The molecule has 1 atom stereocenters. The summed E-state index contributed by atoms with van der Waals surface area (Å²) in [6, 6.07) is 6.30. The van der Waals surface area contributed by atoms with Crippen LogP contribution in [0.3, 0.4) is 0 Å². The Balaban J connectivity index is 1.48. The van der Waals surface area contributed by atoms with Gasteiger partial charge >= 0.3 is 0 Å². The topological polar surface area (TPSA) is 55.9 Å². The summed E-state index contributed by atoms with van der Waals surface area (Å²) in [4.78, 5) is 31.7. The molecule has 0 aromatic heterocycles. The third-order valence-corrected chi connectivity index (χ3v) is 6.03. The summed E-state index contributed by atoms with van der Waals surface area (Å²) in [6.07, 6.45) is 1.37. The maximum absolute atomic E-state index is 12.8. The van der Waals surface area contributed by atoms with Crippen LogP contribution in [0.1, 0.15) is 42.6 Å². The van der Waals surface area contributed by atoms with Crippen LogP contribution in [0.15, 0.2) is 30.5 Å². The zero-order valence-electron chi connectivity index (χ0n) is 16.2. The third-order valence-electron chi connectivity index (χ3n) is 6.03. The van der Waals surface area contributed by atoms with Crippen molar-refractivity contribution in [3.8, 4) is 0 Å². The molecule has 0 bridgehead atoms. The molecule has 1 aromatic rings. The fraction of sp³-hybridized carbons (Fsp3) is 0.524. The molecule has 0 aliphatic carbocycles. The summed E-state index contributed by atoms with van der Waals surface area (Å²) < 4.78 is 0. The number of allylic oxidation sites excluding steroid dienone is 1. The first-order valence-electron chi connectivity index (χ1n) is 9.85. The van der Waals surface area contributed by atoms with E-state index in [-0.39, 0.29) is 11.8 Å². The Kier molecular flexibility index (Phi) is 4.68. The van der Waals surface area contributed by atoms with Crippen molar-refractivity contribution in [3.63, 3.8) is 0 Å². The van der Waals surface area contributed by atoms with E-state index in [1.807, 2.05) is 12.1 Å². The molecular weight excluding hydrogens is 340 g/mol. The minimum Gasteiger partial charge on any atom is -0.369 e. The molecule has 6 nitrogen and oxygen atoms in total. The smallest absolute Gasteiger partial charge is 0.255 e. The predicted octanol–water partition coefficient (Wildman–Crippen LogP) is 1.97. The van der Waals surface area contributed by atoms with Gasteiger partial charge in [0, 0.05) is 55.7 Å². The van der Waals surface area contributed by atoms with Crippen LogP contribution in [0.5, 0.6) is 0 Å². The number of hydrogen-bond acceptors (Lipinski definition) is 4. The molecule has 3 heterocycles. The van der Waals surface area contributed by atoms with Gasteiger partial charge < -0.3 is 15.1 Å². The van der Waals surface area contributed by atoms with E-state index in [0.29, 0.717) is 19.0 Å². The van der Waals surface area contributed by atoms with E-state index in [2.05, 4.69) is 41.6 Å². The van der Waals surface area contributed by atoms with Crippen molar-refractivity contribution in [2.45, 2.75) is 45.3 Å². The van der Waals surface area contributed by atoms with Gasteiger partial charge in [-0.25, -0.2) is 0 Å². The van der Waals surface area contributed by atoms with Gasteiger partial charge in [0.15, 0.2) is 0 Å². The third kappa shape index (κ3) is 3.34. The molecular formula is C21H28N4O2. The molecule has 1 N–H and O–H groups in total. The summed E-state index contributed by atoms with van der Waals surface area (Å²) >= 11 is 0. The largest absolute Gasteiger partial charge is 0.369 e. The van der Waals surface area contributed by atoms with E-state index >= 15 is 0 Å². The Morgan fingerprint density at radius 1 is 1.15 bits per heavy atom. The van der Waals surface area contributed by atoms with Crippen molar-refractivity contribution in [2.24, 2.45) is 0 Å². The quantitative estimate of drug-likeness (QED) is 0.886. The van der Waals surface area contributed by atoms with Gasteiger partial charge in [-0.15, -0.1) is 0 Å². The second-order valence-corrected chi connectivity index (χ2v) is 8.04. The number of rotatable bonds is 3. The molecule has 27 heavy (non-hydrogen) atoms. The summed E-state index contributed by atoms with van der Waals surface area (Å²) in [5.74, 6) is -0.147. The molecule has 1 unspecified atom stereocenters. The number of nitrogens with zero attached hydrogens (tertiary/aromatic N) is 3. The Labute approximate surface area is 160 Å². The highest BCUT2D eigenvalue weighted by Crippen LogP contribution is 2.31. The van der Waals surface area contributed by atoms with Crippen molar-refractivity contribution in [1.82, 2.24) is 15.1 Å². The number of amides is 2.